The molecule has 0 N–H and O–H groups in total. The molecule has 5 aliphatic heterocycles. The molecule has 0 unspecified atom stereocenters. The third-order valence-corrected chi connectivity index (χ3v) is 8.83. The summed E-state index contributed by atoms with van der Waals surface area (Å²) in [7, 11) is 0. The third-order valence-electron chi connectivity index (χ3n) is 4.13. The summed E-state index contributed by atoms with van der Waals surface area (Å²) in [6, 6.07) is 0. The van der Waals surface area contributed by atoms with Gasteiger partial charge in [0, 0.05) is 0 Å². The second-order valence-corrected chi connectivity index (χ2v) is 10.0. The molecule has 0 saturated carbocycles. The maximum absolute atomic E-state index is 12.6. The molecule has 129 valence electrons. The molecule has 0 radical (unpaired) electrons. The van der Waals surface area contributed by atoms with Gasteiger partial charge in [0.15, 0.2) is 0 Å². The van der Waals surface area contributed by atoms with Crippen LogP contribution in [0, 0.1) is 0 Å². The Hall–Kier alpha value is -0.961. The van der Waals surface area contributed by atoms with Gasteiger partial charge in [-0.25, -0.2) is 0 Å². The second kappa shape index (κ2) is 6.88. The van der Waals surface area contributed by atoms with Crippen LogP contribution in [0.15, 0.2) is 0 Å². The van der Waals surface area contributed by atoms with E-state index in [0.717, 1.165) is 0 Å². The van der Waals surface area contributed by atoms with Crippen LogP contribution in [-0.2, 0) is 41.5 Å². The first-order valence-corrected chi connectivity index (χ1v) is 9.90. The molecule has 23 heavy (non-hydrogen) atoms. The van der Waals surface area contributed by atoms with Crippen molar-refractivity contribution < 1.29 is 41.5 Å². The molecule has 5 saturated heterocycles. The van der Waals surface area contributed by atoms with E-state index in [1.807, 2.05) is 0 Å². The number of fused-ring (bicyclic) bond motifs is 2. The average Bonchev–Trinajstić information content (AvgIpc) is 2.49. The van der Waals surface area contributed by atoms with Crippen molar-refractivity contribution in [1.29, 1.82) is 0 Å². The fourth-order valence-electron chi connectivity index (χ4n) is 2.90. The number of carbonyl (C=O) groups is 4. The van der Waals surface area contributed by atoms with Gasteiger partial charge >= 0.3 is 136 Å². The van der Waals surface area contributed by atoms with Gasteiger partial charge in [0.25, 0.3) is 0 Å². The van der Waals surface area contributed by atoms with E-state index in [1.165, 1.54) is 0 Å². The van der Waals surface area contributed by atoms with Gasteiger partial charge in [-0.1, -0.05) is 0 Å². The van der Waals surface area contributed by atoms with Crippen molar-refractivity contribution in [1.82, 2.24) is 9.80 Å². The van der Waals surface area contributed by atoms with E-state index in [-0.39, 0.29) is 26.2 Å². The molecule has 5 rings (SSSR count). The van der Waals surface area contributed by atoms with Crippen molar-refractivity contribution in [3.63, 3.8) is 0 Å². The van der Waals surface area contributed by atoms with E-state index in [2.05, 4.69) is 0 Å². The van der Waals surface area contributed by atoms with E-state index in [9.17, 15) is 19.2 Å². The topological polar surface area (TPSA) is 93.2 Å². The van der Waals surface area contributed by atoms with E-state index in [1.54, 1.807) is 9.80 Å². The van der Waals surface area contributed by atoms with Crippen LogP contribution in [0.5, 0.6) is 0 Å². The monoisotopic (exact) mass is 367 g/mol. The average molecular weight is 367 g/mol. The van der Waals surface area contributed by atoms with Gasteiger partial charge in [-0.15, -0.1) is 0 Å². The Bertz CT molecular complexity index is 464. The van der Waals surface area contributed by atoms with Crippen molar-refractivity contribution >= 4 is 18.7 Å². The molecule has 5 aliphatic rings. The molecule has 1 spiro atoms. The van der Waals surface area contributed by atoms with Crippen molar-refractivity contribution in [3.05, 3.63) is 0 Å². The van der Waals surface area contributed by atoms with E-state index < -0.39 is 31.6 Å². The van der Waals surface area contributed by atoms with Gasteiger partial charge in [-0.2, -0.15) is 0 Å². The fraction of sp³-hybridized carbons (Fsp3) is 0.714. The Morgan fingerprint density at radius 2 is 0.957 bits per heavy atom. The minimum atomic E-state index is -3.87. The Morgan fingerprint density at radius 3 is 1.30 bits per heavy atom. The first-order chi connectivity index (χ1) is 11.0. The molecule has 5 heterocycles. The zero-order valence-corrected chi connectivity index (χ0v) is 14.0. The Labute approximate surface area is 136 Å². The molecule has 8 nitrogen and oxygen atoms in total. The standard InChI is InChI=1S/C14H20N2O6.Mn/c17-7-1-15(2-8-18)5-11-21-13-14-22-12-6-16(3-9-19)4-10-20;/h1-6,11-14H2;. The summed E-state index contributed by atoms with van der Waals surface area (Å²) in [6.07, 6.45) is 0. The number of nitrogens with zero attached hydrogens (tertiary/aromatic N) is 2. The molecular formula is C14H20MnN2O6. The number of hydrogen-bond donors (Lipinski definition) is 0. The number of rotatable bonds is 0. The molecule has 0 atom stereocenters. The van der Waals surface area contributed by atoms with Gasteiger partial charge in [-0.05, 0) is 0 Å². The molecular weight excluding hydrogens is 347 g/mol. The van der Waals surface area contributed by atoms with Crippen LogP contribution in [0.25, 0.3) is 0 Å². The molecule has 0 aliphatic carbocycles. The van der Waals surface area contributed by atoms with E-state index in [4.69, 9.17) is 9.47 Å². The number of carbonyl (C=O) groups excluding carboxylic acids is 4. The summed E-state index contributed by atoms with van der Waals surface area (Å²) >= 11 is -3.87. The summed E-state index contributed by atoms with van der Waals surface area (Å²) < 4.78 is 9.04. The molecule has 3 bridgehead atoms. The maximum atomic E-state index is 12.6. The molecule has 0 amide bonds. The van der Waals surface area contributed by atoms with Gasteiger partial charge < -0.3 is 0 Å². The normalized spacial score (nSPS) is 39.7. The summed E-state index contributed by atoms with van der Waals surface area (Å²) in [5.41, 5.74) is 0. The van der Waals surface area contributed by atoms with Crippen molar-refractivity contribution in [3.8, 4) is 0 Å². The molecule has 0 aromatic rings. The Balaban J connectivity index is 1.88. The number of ether oxygens (including phenoxy) is 2. The van der Waals surface area contributed by atoms with Crippen LogP contribution in [0.1, 0.15) is 0 Å². The fourth-order valence-corrected chi connectivity index (χ4v) is 7.28. The van der Waals surface area contributed by atoms with Crippen LogP contribution in [0.4, 0.5) is 0 Å². The van der Waals surface area contributed by atoms with Crippen LogP contribution in [0.2, 0.25) is 0 Å². The molecule has 5 fully saturated rings. The first kappa shape index (κ1) is 16.9. The predicted octanol–water partition coefficient (Wildman–Crippen LogP) is -2.08. The molecule has 0 aromatic heterocycles. The quantitative estimate of drug-likeness (QED) is 0.451. The third kappa shape index (κ3) is 3.05. The zero-order chi connectivity index (χ0) is 16.4. The zero-order valence-electron chi connectivity index (χ0n) is 12.8. The van der Waals surface area contributed by atoms with Crippen LogP contribution >= 0.6 is 0 Å². The van der Waals surface area contributed by atoms with Crippen molar-refractivity contribution in [2.45, 2.75) is 0 Å². The summed E-state index contributed by atoms with van der Waals surface area (Å²) in [5, 5.41) is 0. The van der Waals surface area contributed by atoms with Gasteiger partial charge in [0.1, 0.15) is 0 Å². The van der Waals surface area contributed by atoms with E-state index >= 15 is 0 Å². The van der Waals surface area contributed by atoms with Gasteiger partial charge in [0.05, 0.1) is 0 Å². The van der Waals surface area contributed by atoms with Crippen LogP contribution in [-0.4, -0.2) is 94.2 Å². The summed E-state index contributed by atoms with van der Waals surface area (Å²) in [5.74, 6) is 0. The summed E-state index contributed by atoms with van der Waals surface area (Å²) in [6.45, 7) is 2.48. The minimum absolute atomic E-state index is 0.00389. The van der Waals surface area contributed by atoms with Crippen LogP contribution < -0.4 is 0 Å². The van der Waals surface area contributed by atoms with Crippen molar-refractivity contribution in [2.24, 2.45) is 0 Å². The molecule has 9 heteroatoms. The number of hydrogen-bond acceptors (Lipinski definition) is 8. The summed E-state index contributed by atoms with van der Waals surface area (Å²) in [4.78, 5) is 53.7. The Morgan fingerprint density at radius 1 is 0.609 bits per heavy atom. The predicted molar refractivity (Wildman–Crippen MR) is 74.5 cm³/mol. The van der Waals surface area contributed by atoms with Gasteiger partial charge in [-0.3, -0.25) is 0 Å². The second-order valence-electron chi connectivity index (χ2n) is 5.63. The first-order valence-electron chi connectivity index (χ1n) is 7.54. The van der Waals surface area contributed by atoms with Gasteiger partial charge in [0.2, 0.25) is 0 Å². The van der Waals surface area contributed by atoms with Crippen molar-refractivity contribution in [2.75, 3.05) is 65.7 Å². The SMILES string of the molecule is O=[C]1CN2CCOCCOCCN3C[C](=O)[Mn]1([C](=O)C2)[C](=O)C3. The molecule has 0 aromatic carbocycles. The Kier molecular flexibility index (Phi) is 5.05. The van der Waals surface area contributed by atoms with E-state index in [0.29, 0.717) is 39.5 Å². The van der Waals surface area contributed by atoms with Crippen LogP contribution in [0.3, 0.4) is 0 Å².